The molecule has 2 saturated heterocycles. The van der Waals surface area contributed by atoms with E-state index < -0.39 is 45.2 Å². The van der Waals surface area contributed by atoms with Gasteiger partial charge in [0.1, 0.15) is 5.75 Å². The average Bonchev–Trinajstić information content (AvgIpc) is 3.13. The first-order valence-corrected chi connectivity index (χ1v) is 13.1. The first kappa shape index (κ1) is 23.8. The smallest absolute Gasteiger partial charge is 0.254 e. The Bertz CT molecular complexity index is 1190. The summed E-state index contributed by atoms with van der Waals surface area (Å²) >= 11 is 17.4. The number of nitrogens with zero attached hydrogens (tertiary/aromatic N) is 2. The molecule has 4 amide bonds. The second kappa shape index (κ2) is 7.80. The summed E-state index contributed by atoms with van der Waals surface area (Å²) in [6.07, 6.45) is 2.22. The molecule has 1 saturated carbocycles. The molecule has 1 aromatic carbocycles. The Labute approximate surface area is 215 Å². The van der Waals surface area contributed by atoms with Crippen molar-refractivity contribution in [1.82, 2.24) is 9.80 Å². The molecule has 0 radical (unpaired) electrons. The number of carbonyl (C=O) groups excluding carboxylic acids is 4. The van der Waals surface area contributed by atoms with Gasteiger partial charge in [-0.05, 0) is 49.8 Å². The van der Waals surface area contributed by atoms with Gasteiger partial charge in [-0.25, -0.2) is 0 Å². The second-order valence-corrected chi connectivity index (χ2v) is 11.2. The van der Waals surface area contributed by atoms with Gasteiger partial charge in [0.2, 0.25) is 11.8 Å². The van der Waals surface area contributed by atoms with Crippen molar-refractivity contribution in [3.63, 3.8) is 0 Å². The third kappa shape index (κ3) is 2.76. The number of imide groups is 2. The predicted octanol–water partition coefficient (Wildman–Crippen LogP) is 3.43. The summed E-state index contributed by atoms with van der Waals surface area (Å²) < 4.78 is 0. The lowest BCUT2D eigenvalue weighted by molar-refractivity contribution is -0.141. The van der Waals surface area contributed by atoms with E-state index in [2.05, 4.69) is 15.9 Å². The maximum atomic E-state index is 13.6. The Kier molecular flexibility index (Phi) is 5.47. The number of amides is 4. The number of phenols is 1. The standard InChI is InChI=1S/C24H23BrCl2N2O5/c1-3-28-19(31)14-6-5-13-15(17(14)20(28)32)9-23(26)21(33)29(10-25)22(34)24(23,27)18(13)12-4-7-16(30)11(2)8-12/h4-5,7-8,14-15,17-18,30H,3,6,9-10H2,1-2H3/t14-,15+,17-,18-,23+,24-/m0/s1. The molecule has 0 spiro atoms. The normalized spacial score (nSPS) is 37.0. The van der Waals surface area contributed by atoms with Crippen LogP contribution in [0.2, 0.25) is 0 Å². The van der Waals surface area contributed by atoms with Gasteiger partial charge in [-0.2, -0.15) is 0 Å². The van der Waals surface area contributed by atoms with Crippen LogP contribution in [0.15, 0.2) is 29.8 Å². The van der Waals surface area contributed by atoms with Crippen LogP contribution in [0, 0.1) is 24.7 Å². The molecule has 0 unspecified atom stereocenters. The maximum absolute atomic E-state index is 13.6. The number of hydrogen-bond acceptors (Lipinski definition) is 5. The fraction of sp³-hybridized carbons (Fsp3) is 0.500. The molecule has 1 N–H and O–H groups in total. The van der Waals surface area contributed by atoms with Crippen LogP contribution in [0.3, 0.4) is 0 Å². The van der Waals surface area contributed by atoms with Crippen LogP contribution in [0.4, 0.5) is 0 Å². The highest BCUT2D eigenvalue weighted by Gasteiger charge is 2.76. The van der Waals surface area contributed by atoms with E-state index in [1.807, 2.05) is 6.08 Å². The van der Waals surface area contributed by atoms with Crippen LogP contribution >= 0.6 is 39.1 Å². The van der Waals surface area contributed by atoms with Crippen molar-refractivity contribution >= 4 is 62.8 Å². The minimum Gasteiger partial charge on any atom is -0.508 e. The molecule has 2 heterocycles. The number of carbonyl (C=O) groups is 4. The van der Waals surface area contributed by atoms with Gasteiger partial charge in [0.15, 0.2) is 9.75 Å². The molecule has 3 fully saturated rings. The van der Waals surface area contributed by atoms with Crippen LogP contribution in [0.25, 0.3) is 0 Å². The maximum Gasteiger partial charge on any atom is 0.254 e. The highest BCUT2D eigenvalue weighted by molar-refractivity contribution is 9.09. The van der Waals surface area contributed by atoms with Crippen LogP contribution in [0.5, 0.6) is 5.75 Å². The molecule has 0 bridgehead atoms. The van der Waals surface area contributed by atoms with Crippen molar-refractivity contribution < 1.29 is 24.3 Å². The molecule has 1 aromatic rings. The Morgan fingerprint density at radius 1 is 1.09 bits per heavy atom. The third-order valence-corrected chi connectivity index (χ3v) is 9.89. The number of rotatable bonds is 3. The van der Waals surface area contributed by atoms with E-state index in [-0.39, 0.29) is 36.0 Å². The minimum absolute atomic E-state index is 0.0245. The van der Waals surface area contributed by atoms with Gasteiger partial charge in [0.25, 0.3) is 11.8 Å². The Hall–Kier alpha value is -1.90. The molecule has 6 atom stereocenters. The van der Waals surface area contributed by atoms with Crippen molar-refractivity contribution in [3.05, 3.63) is 41.0 Å². The Morgan fingerprint density at radius 3 is 2.41 bits per heavy atom. The molecular weight excluding hydrogens is 547 g/mol. The van der Waals surface area contributed by atoms with Gasteiger partial charge in [-0.1, -0.05) is 39.7 Å². The third-order valence-electron chi connectivity index (χ3n) is 7.98. The summed E-state index contributed by atoms with van der Waals surface area (Å²) in [5, 5.41) is 10.1. The van der Waals surface area contributed by atoms with Gasteiger partial charge in [-0.3, -0.25) is 29.0 Å². The largest absolute Gasteiger partial charge is 0.508 e. The number of phenolic OH excluding ortho intramolecular Hbond substituents is 1. The molecule has 2 aliphatic heterocycles. The number of hydrogen-bond donors (Lipinski definition) is 1. The van der Waals surface area contributed by atoms with Crippen molar-refractivity contribution in [3.8, 4) is 5.75 Å². The lowest BCUT2D eigenvalue weighted by Gasteiger charge is -2.50. The van der Waals surface area contributed by atoms with Crippen LogP contribution in [-0.2, 0) is 19.2 Å². The summed E-state index contributed by atoms with van der Waals surface area (Å²) in [6, 6.07) is 4.91. The van der Waals surface area contributed by atoms with E-state index in [1.165, 1.54) is 11.0 Å². The summed E-state index contributed by atoms with van der Waals surface area (Å²) in [5.74, 6) is -4.15. The molecule has 180 valence electrons. The van der Waals surface area contributed by atoms with Crippen molar-refractivity contribution in [1.29, 1.82) is 0 Å². The van der Waals surface area contributed by atoms with Gasteiger partial charge >= 0.3 is 0 Å². The molecular formula is C24H23BrCl2N2O5. The highest BCUT2D eigenvalue weighted by Crippen LogP contribution is 2.65. The van der Waals surface area contributed by atoms with Gasteiger partial charge in [0, 0.05) is 12.5 Å². The molecule has 34 heavy (non-hydrogen) atoms. The fourth-order valence-electron chi connectivity index (χ4n) is 6.36. The summed E-state index contributed by atoms with van der Waals surface area (Å²) in [7, 11) is 0. The van der Waals surface area contributed by atoms with Gasteiger partial charge < -0.3 is 5.11 Å². The zero-order chi connectivity index (χ0) is 24.7. The molecule has 7 nitrogen and oxygen atoms in total. The van der Waals surface area contributed by atoms with E-state index in [9.17, 15) is 24.3 Å². The first-order chi connectivity index (χ1) is 16.0. The van der Waals surface area contributed by atoms with Crippen molar-refractivity contribution in [2.75, 3.05) is 12.0 Å². The summed E-state index contributed by atoms with van der Waals surface area (Å²) in [5.41, 5.74) is 1.87. The first-order valence-electron chi connectivity index (χ1n) is 11.2. The van der Waals surface area contributed by atoms with E-state index >= 15 is 0 Å². The second-order valence-electron chi connectivity index (χ2n) is 9.45. The topological polar surface area (TPSA) is 95.0 Å². The van der Waals surface area contributed by atoms with Gasteiger partial charge in [0.05, 0.1) is 17.3 Å². The molecule has 10 heteroatoms. The Morgan fingerprint density at radius 2 is 1.79 bits per heavy atom. The number of likely N-dealkylation sites (tertiary alicyclic amines) is 2. The Balaban J connectivity index is 1.74. The monoisotopic (exact) mass is 568 g/mol. The lowest BCUT2D eigenvalue weighted by atomic mass is 9.56. The SMILES string of the molecule is CCN1C(=O)[C@H]2[C@H](CC=C3[C@H]2C[C@@]2(Cl)C(=O)N(CBr)C(=O)[C@@]2(Cl)[C@H]3c2ccc(O)c(C)c2)C1=O. The zero-order valence-electron chi connectivity index (χ0n) is 18.6. The van der Waals surface area contributed by atoms with Crippen LogP contribution in [-0.4, -0.2) is 60.3 Å². The number of benzene rings is 1. The van der Waals surface area contributed by atoms with E-state index in [4.69, 9.17) is 23.2 Å². The van der Waals surface area contributed by atoms with E-state index in [0.717, 1.165) is 10.5 Å². The number of halogens is 3. The summed E-state index contributed by atoms with van der Waals surface area (Å²) in [4.78, 5) is 52.0. The number of alkyl halides is 3. The number of aryl methyl sites for hydroxylation is 1. The minimum atomic E-state index is -1.83. The molecule has 0 aromatic heterocycles. The molecule has 5 rings (SSSR count). The number of fused-ring (bicyclic) bond motifs is 4. The van der Waals surface area contributed by atoms with Gasteiger partial charge in [-0.15, -0.1) is 23.2 Å². The van der Waals surface area contributed by atoms with Crippen molar-refractivity contribution in [2.24, 2.45) is 17.8 Å². The predicted molar refractivity (Wildman–Crippen MR) is 129 cm³/mol. The van der Waals surface area contributed by atoms with E-state index in [1.54, 1.807) is 26.0 Å². The van der Waals surface area contributed by atoms with Crippen LogP contribution in [0.1, 0.15) is 36.8 Å². The lowest BCUT2D eigenvalue weighted by Crippen LogP contribution is -2.60. The zero-order valence-corrected chi connectivity index (χ0v) is 21.7. The van der Waals surface area contributed by atoms with Crippen molar-refractivity contribution in [2.45, 2.75) is 42.4 Å². The summed E-state index contributed by atoms with van der Waals surface area (Å²) in [6.45, 7) is 3.75. The van der Waals surface area contributed by atoms with Crippen LogP contribution < -0.4 is 0 Å². The molecule has 2 aliphatic carbocycles. The fourth-order valence-corrected chi connectivity index (χ4v) is 7.79. The highest BCUT2D eigenvalue weighted by atomic mass is 79.9. The number of aromatic hydroxyl groups is 1. The number of allylic oxidation sites excluding steroid dienone is 2. The average molecular weight is 570 g/mol. The molecule has 4 aliphatic rings. The van der Waals surface area contributed by atoms with E-state index in [0.29, 0.717) is 17.5 Å². The quantitative estimate of drug-likeness (QED) is 0.260.